The number of ether oxygens (including phenoxy) is 1. The first kappa shape index (κ1) is 17.9. The van der Waals surface area contributed by atoms with Gasteiger partial charge in [-0.1, -0.05) is 34.1 Å². The van der Waals surface area contributed by atoms with Crippen molar-refractivity contribution in [1.82, 2.24) is 5.32 Å². The summed E-state index contributed by atoms with van der Waals surface area (Å²) in [5, 5.41) is 10.9. The lowest BCUT2D eigenvalue weighted by molar-refractivity contribution is 0.0525. The molecule has 0 aliphatic carbocycles. The summed E-state index contributed by atoms with van der Waals surface area (Å²) in [5.41, 5.74) is -0.455. The van der Waals surface area contributed by atoms with Crippen molar-refractivity contribution >= 4 is 22.0 Å². The molecule has 0 radical (unpaired) electrons. The molecule has 5 heteroatoms. The van der Waals surface area contributed by atoms with E-state index in [2.05, 4.69) is 21.2 Å². The number of hydrogen-bond donors (Lipinski definition) is 2. The number of carbonyl (C=O) groups excluding carboxylic acids is 1. The molecule has 0 atom stereocenters. The number of aliphatic hydroxyl groups is 1. The van der Waals surface area contributed by atoms with Crippen LogP contribution in [0.15, 0.2) is 34.8 Å². The summed E-state index contributed by atoms with van der Waals surface area (Å²) in [6, 6.07) is 9.97. The topological polar surface area (TPSA) is 58.6 Å². The minimum Gasteiger partial charge on any atom is -0.444 e. The summed E-state index contributed by atoms with van der Waals surface area (Å²) >= 11 is 3.31. The molecule has 0 spiro atoms. The van der Waals surface area contributed by atoms with E-state index in [0.29, 0.717) is 13.0 Å². The molecule has 1 aromatic rings. The Morgan fingerprint density at radius 3 is 2.26 bits per heavy atom. The van der Waals surface area contributed by atoms with Crippen LogP contribution in [0.25, 0.3) is 0 Å². The highest BCUT2D eigenvalue weighted by molar-refractivity contribution is 9.10. The van der Waals surface area contributed by atoms with E-state index in [1.165, 1.54) is 0 Å². The van der Waals surface area contributed by atoms with Gasteiger partial charge in [-0.3, -0.25) is 0 Å². The van der Waals surface area contributed by atoms with Crippen LogP contribution in [0.2, 0.25) is 0 Å². The summed E-state index contributed by atoms with van der Waals surface area (Å²) in [4.78, 5) is 10.9. The lowest BCUT2D eigenvalue weighted by Crippen LogP contribution is -2.33. The Morgan fingerprint density at radius 1 is 1.32 bits per heavy atom. The first-order valence-electron chi connectivity index (χ1n) is 6.13. The molecule has 0 aromatic heterocycles. The second-order valence-corrected chi connectivity index (χ2v) is 5.72. The van der Waals surface area contributed by atoms with E-state index in [1.807, 2.05) is 30.3 Å². The first-order chi connectivity index (χ1) is 8.85. The number of rotatable bonds is 3. The fraction of sp³-hybridized carbons (Fsp3) is 0.500. The maximum atomic E-state index is 10.9. The van der Waals surface area contributed by atoms with Crippen molar-refractivity contribution in [3.05, 3.63) is 34.8 Å². The number of benzene rings is 1. The van der Waals surface area contributed by atoms with Crippen molar-refractivity contribution in [2.45, 2.75) is 32.8 Å². The number of carbonyl (C=O) groups is 1. The fourth-order valence-corrected chi connectivity index (χ4v) is 1.30. The minimum absolute atomic E-state index is 0.0792. The quantitative estimate of drug-likeness (QED) is 0.835. The van der Waals surface area contributed by atoms with Crippen LogP contribution in [0.1, 0.15) is 27.2 Å². The highest BCUT2D eigenvalue weighted by Crippen LogP contribution is 2.06. The Labute approximate surface area is 123 Å². The summed E-state index contributed by atoms with van der Waals surface area (Å²) in [6.45, 7) is 5.94. The molecular formula is C14H22BrNO3. The van der Waals surface area contributed by atoms with Gasteiger partial charge in [0.05, 0.1) is 0 Å². The van der Waals surface area contributed by atoms with Crippen molar-refractivity contribution in [2.24, 2.45) is 0 Å². The maximum absolute atomic E-state index is 10.9. The molecule has 2 N–H and O–H groups in total. The highest BCUT2D eigenvalue weighted by Gasteiger charge is 2.15. The van der Waals surface area contributed by atoms with Crippen LogP contribution >= 0.6 is 15.9 Å². The maximum Gasteiger partial charge on any atom is 0.407 e. The van der Waals surface area contributed by atoms with Crippen LogP contribution in [0.4, 0.5) is 4.79 Å². The standard InChI is InChI=1S/C8H17NO3.C6H5Br/c1-8(2,3)12-7(11)9-5-4-6-10;7-6-4-2-1-3-5-6/h10H,4-6H2,1-3H3,(H,9,11);1-5H. The number of alkyl carbamates (subject to hydrolysis) is 1. The first-order valence-corrected chi connectivity index (χ1v) is 6.92. The van der Waals surface area contributed by atoms with E-state index in [0.717, 1.165) is 4.47 Å². The van der Waals surface area contributed by atoms with Gasteiger partial charge in [0.15, 0.2) is 0 Å². The molecule has 19 heavy (non-hydrogen) atoms. The van der Waals surface area contributed by atoms with Gasteiger partial charge in [-0.15, -0.1) is 0 Å². The van der Waals surface area contributed by atoms with Gasteiger partial charge in [0.2, 0.25) is 0 Å². The third-order valence-electron chi connectivity index (χ3n) is 1.74. The van der Waals surface area contributed by atoms with Crippen LogP contribution in [-0.4, -0.2) is 30.0 Å². The monoisotopic (exact) mass is 331 g/mol. The number of amides is 1. The second kappa shape index (κ2) is 9.81. The van der Waals surface area contributed by atoms with E-state index in [-0.39, 0.29) is 6.61 Å². The van der Waals surface area contributed by atoms with E-state index < -0.39 is 11.7 Å². The average Bonchev–Trinajstić information content (AvgIpc) is 2.29. The van der Waals surface area contributed by atoms with Gasteiger partial charge >= 0.3 is 6.09 Å². The van der Waals surface area contributed by atoms with E-state index in [1.54, 1.807) is 20.8 Å². The molecule has 108 valence electrons. The molecule has 0 saturated heterocycles. The Morgan fingerprint density at radius 2 is 1.89 bits per heavy atom. The van der Waals surface area contributed by atoms with Crippen LogP contribution in [0, 0.1) is 0 Å². The molecule has 0 bridgehead atoms. The second-order valence-electron chi connectivity index (χ2n) is 4.80. The molecule has 0 saturated carbocycles. The number of aliphatic hydroxyl groups excluding tert-OH is 1. The zero-order valence-electron chi connectivity index (χ0n) is 11.6. The lowest BCUT2D eigenvalue weighted by atomic mass is 10.2. The smallest absolute Gasteiger partial charge is 0.407 e. The normalized spacial score (nSPS) is 10.2. The largest absolute Gasteiger partial charge is 0.444 e. The summed E-state index contributed by atoms with van der Waals surface area (Å²) < 4.78 is 6.09. The van der Waals surface area contributed by atoms with E-state index in [4.69, 9.17) is 9.84 Å². The molecule has 0 heterocycles. The van der Waals surface area contributed by atoms with Crippen molar-refractivity contribution in [2.75, 3.05) is 13.2 Å². The predicted octanol–water partition coefficient (Wildman–Crippen LogP) is 3.34. The number of halogens is 1. The average molecular weight is 332 g/mol. The SMILES string of the molecule is Brc1ccccc1.CC(C)(C)OC(=O)NCCCO. The summed E-state index contributed by atoms with van der Waals surface area (Å²) in [5.74, 6) is 0. The van der Waals surface area contributed by atoms with Gasteiger partial charge in [-0.2, -0.15) is 0 Å². The van der Waals surface area contributed by atoms with Gasteiger partial charge in [0, 0.05) is 17.6 Å². The zero-order valence-corrected chi connectivity index (χ0v) is 13.2. The van der Waals surface area contributed by atoms with Crippen LogP contribution in [0.3, 0.4) is 0 Å². The molecule has 4 nitrogen and oxygen atoms in total. The van der Waals surface area contributed by atoms with Crippen LogP contribution in [-0.2, 0) is 4.74 Å². The van der Waals surface area contributed by atoms with Gasteiger partial charge in [-0.25, -0.2) is 4.79 Å². The Kier molecular flexibility index (Phi) is 9.26. The molecule has 0 fully saturated rings. The van der Waals surface area contributed by atoms with Gasteiger partial charge < -0.3 is 15.2 Å². The van der Waals surface area contributed by atoms with Gasteiger partial charge in [0.1, 0.15) is 5.60 Å². The summed E-state index contributed by atoms with van der Waals surface area (Å²) in [7, 11) is 0. The summed E-state index contributed by atoms with van der Waals surface area (Å²) in [6.07, 6.45) is 0.120. The van der Waals surface area contributed by atoms with Crippen molar-refractivity contribution < 1.29 is 14.6 Å². The minimum atomic E-state index is -0.455. The van der Waals surface area contributed by atoms with Crippen LogP contribution in [0.5, 0.6) is 0 Å². The highest BCUT2D eigenvalue weighted by atomic mass is 79.9. The lowest BCUT2D eigenvalue weighted by Gasteiger charge is -2.19. The molecule has 1 amide bonds. The van der Waals surface area contributed by atoms with E-state index in [9.17, 15) is 4.79 Å². The third kappa shape index (κ3) is 13.2. The zero-order chi connectivity index (χ0) is 14.7. The predicted molar refractivity (Wildman–Crippen MR) is 80.1 cm³/mol. The van der Waals surface area contributed by atoms with Crippen molar-refractivity contribution in [3.63, 3.8) is 0 Å². The fourth-order valence-electron chi connectivity index (χ4n) is 0.998. The van der Waals surface area contributed by atoms with Gasteiger partial charge in [-0.05, 0) is 39.3 Å². The third-order valence-corrected chi connectivity index (χ3v) is 2.26. The molecule has 1 aromatic carbocycles. The molecule has 0 aliphatic heterocycles. The van der Waals surface area contributed by atoms with Crippen molar-refractivity contribution in [3.8, 4) is 0 Å². The van der Waals surface area contributed by atoms with Crippen molar-refractivity contribution in [1.29, 1.82) is 0 Å². The van der Waals surface area contributed by atoms with Crippen LogP contribution < -0.4 is 5.32 Å². The molecule has 0 aliphatic rings. The Balaban J connectivity index is 0.000000388. The van der Waals surface area contributed by atoms with E-state index >= 15 is 0 Å². The Bertz CT molecular complexity index is 349. The molecule has 1 rings (SSSR count). The Hall–Kier alpha value is -1.07. The number of hydrogen-bond acceptors (Lipinski definition) is 3. The molecular weight excluding hydrogens is 310 g/mol. The number of nitrogens with one attached hydrogen (secondary N) is 1. The van der Waals surface area contributed by atoms with Gasteiger partial charge in [0.25, 0.3) is 0 Å². The molecule has 0 unspecified atom stereocenters.